The second-order valence-electron chi connectivity index (χ2n) is 7.47. The van der Waals surface area contributed by atoms with Gasteiger partial charge in [0.15, 0.2) is 11.6 Å². The largest absolute Gasteiger partial charge is 0.304 e. The van der Waals surface area contributed by atoms with Gasteiger partial charge in [-0.2, -0.15) is 5.10 Å². The van der Waals surface area contributed by atoms with E-state index in [1.54, 1.807) is 59.4 Å². The molecule has 1 N–H and O–H groups in total. The average Bonchev–Trinajstić information content (AvgIpc) is 3.14. The zero-order valence-corrected chi connectivity index (χ0v) is 19.7. The lowest BCUT2D eigenvalue weighted by Crippen LogP contribution is -2.17. The maximum Gasteiger partial charge on any atom is 0.257 e. The highest BCUT2D eigenvalue weighted by molar-refractivity contribution is 6.42. The first kappa shape index (κ1) is 23.1. The number of amides is 1. The third-order valence-electron chi connectivity index (χ3n) is 5.01. The number of hydrogen-bond acceptors (Lipinski definition) is 3. The van der Waals surface area contributed by atoms with Crippen molar-refractivity contribution in [3.05, 3.63) is 116 Å². The highest BCUT2D eigenvalue weighted by Gasteiger charge is 2.20. The summed E-state index contributed by atoms with van der Waals surface area (Å²) in [5.41, 5.74) is 2.95. The van der Waals surface area contributed by atoms with Crippen molar-refractivity contribution in [2.45, 2.75) is 13.5 Å². The summed E-state index contributed by atoms with van der Waals surface area (Å²) in [4.78, 5) is 26.0. The van der Waals surface area contributed by atoms with Crippen molar-refractivity contribution in [3.8, 4) is 0 Å². The Hall–Kier alpha value is -3.12. The molecule has 4 aromatic rings. The second-order valence-corrected chi connectivity index (χ2v) is 8.69. The summed E-state index contributed by atoms with van der Waals surface area (Å²) in [5.74, 6) is -0.524. The standard InChI is InChI=1S/C25H18Cl3N3O2/c1-15-6-9-17(10-7-15)23(32)18-4-2-3-5-19(18)25(33)29-24-22(28)14-31(30-24)13-16-8-11-20(26)21(27)12-16/h2-12,14H,13H2,1H3,(H,29,30,33). The van der Waals surface area contributed by atoms with Gasteiger partial charge in [-0.05, 0) is 30.7 Å². The molecule has 3 aromatic carbocycles. The number of carbonyl (C=O) groups is 2. The fraction of sp³-hybridized carbons (Fsp3) is 0.0800. The van der Waals surface area contributed by atoms with E-state index in [0.717, 1.165) is 11.1 Å². The Morgan fingerprint density at radius 2 is 1.58 bits per heavy atom. The van der Waals surface area contributed by atoms with Gasteiger partial charge in [0.25, 0.3) is 5.91 Å². The van der Waals surface area contributed by atoms with Gasteiger partial charge in [-0.15, -0.1) is 0 Å². The molecule has 0 bridgehead atoms. The van der Waals surface area contributed by atoms with Gasteiger partial charge in [0.2, 0.25) is 0 Å². The molecule has 0 atom stereocenters. The summed E-state index contributed by atoms with van der Waals surface area (Å²) < 4.78 is 1.58. The number of aromatic nitrogens is 2. The molecule has 0 fully saturated rings. The average molecular weight is 499 g/mol. The molecule has 8 heteroatoms. The number of anilines is 1. The smallest absolute Gasteiger partial charge is 0.257 e. The zero-order chi connectivity index (χ0) is 23.5. The highest BCUT2D eigenvalue weighted by Crippen LogP contribution is 2.25. The number of aryl methyl sites for hydroxylation is 1. The van der Waals surface area contributed by atoms with E-state index in [2.05, 4.69) is 10.4 Å². The zero-order valence-electron chi connectivity index (χ0n) is 17.5. The van der Waals surface area contributed by atoms with E-state index < -0.39 is 5.91 Å². The summed E-state index contributed by atoms with van der Waals surface area (Å²) in [6.45, 7) is 2.33. The minimum absolute atomic E-state index is 0.194. The molecular weight excluding hydrogens is 481 g/mol. The summed E-state index contributed by atoms with van der Waals surface area (Å²) in [7, 11) is 0. The number of rotatable bonds is 6. The van der Waals surface area contributed by atoms with Gasteiger partial charge in [-0.3, -0.25) is 14.3 Å². The van der Waals surface area contributed by atoms with E-state index in [1.165, 1.54) is 0 Å². The molecule has 0 spiro atoms. The van der Waals surface area contributed by atoms with Crippen LogP contribution in [0.25, 0.3) is 0 Å². The first-order chi connectivity index (χ1) is 15.8. The normalized spacial score (nSPS) is 10.8. The van der Waals surface area contributed by atoms with Gasteiger partial charge in [0, 0.05) is 17.3 Å². The monoisotopic (exact) mass is 497 g/mol. The van der Waals surface area contributed by atoms with Crippen LogP contribution in [0, 0.1) is 6.92 Å². The Labute approximate surface area is 205 Å². The van der Waals surface area contributed by atoms with E-state index in [4.69, 9.17) is 34.8 Å². The third-order valence-corrected chi connectivity index (χ3v) is 6.02. The molecule has 33 heavy (non-hydrogen) atoms. The number of hydrogen-bond donors (Lipinski definition) is 1. The molecule has 0 radical (unpaired) electrons. The van der Waals surface area contributed by atoms with Crippen molar-refractivity contribution in [1.29, 1.82) is 0 Å². The van der Waals surface area contributed by atoms with Crippen LogP contribution in [0.5, 0.6) is 0 Å². The van der Waals surface area contributed by atoms with Gasteiger partial charge >= 0.3 is 0 Å². The lowest BCUT2D eigenvalue weighted by Gasteiger charge is -2.09. The lowest BCUT2D eigenvalue weighted by atomic mass is 9.97. The van der Waals surface area contributed by atoms with E-state index in [9.17, 15) is 9.59 Å². The number of carbonyl (C=O) groups excluding carboxylic acids is 2. The number of halogens is 3. The summed E-state index contributed by atoms with van der Waals surface area (Å²) in [5, 5.41) is 8.24. The van der Waals surface area contributed by atoms with E-state index in [1.807, 2.05) is 25.1 Å². The minimum Gasteiger partial charge on any atom is -0.304 e. The number of nitrogens with one attached hydrogen (secondary N) is 1. The van der Waals surface area contributed by atoms with Crippen LogP contribution in [0.1, 0.15) is 37.4 Å². The van der Waals surface area contributed by atoms with Crippen LogP contribution in [0.3, 0.4) is 0 Å². The van der Waals surface area contributed by atoms with E-state index in [-0.39, 0.29) is 22.2 Å². The molecule has 166 valence electrons. The van der Waals surface area contributed by atoms with Crippen LogP contribution in [0.15, 0.2) is 72.9 Å². The van der Waals surface area contributed by atoms with Gasteiger partial charge in [-0.25, -0.2) is 0 Å². The van der Waals surface area contributed by atoms with Crippen molar-refractivity contribution in [1.82, 2.24) is 9.78 Å². The van der Waals surface area contributed by atoms with Gasteiger partial charge in [-0.1, -0.05) is 88.9 Å². The maximum atomic E-state index is 13.0. The van der Waals surface area contributed by atoms with Crippen LogP contribution >= 0.6 is 34.8 Å². The molecule has 0 aliphatic heterocycles. The maximum absolute atomic E-state index is 13.0. The molecule has 1 heterocycles. The topological polar surface area (TPSA) is 64.0 Å². The number of benzene rings is 3. The van der Waals surface area contributed by atoms with E-state index in [0.29, 0.717) is 27.7 Å². The minimum atomic E-state index is -0.479. The number of nitrogens with zero attached hydrogens (tertiary/aromatic N) is 2. The predicted molar refractivity (Wildman–Crippen MR) is 132 cm³/mol. The molecule has 5 nitrogen and oxygen atoms in total. The lowest BCUT2D eigenvalue weighted by molar-refractivity contribution is 0.0996. The van der Waals surface area contributed by atoms with Gasteiger partial charge in [0.05, 0.1) is 22.2 Å². The molecule has 1 aromatic heterocycles. The first-order valence-electron chi connectivity index (χ1n) is 10.0. The Morgan fingerprint density at radius 1 is 0.879 bits per heavy atom. The van der Waals surface area contributed by atoms with Crippen LogP contribution in [0.4, 0.5) is 5.82 Å². The quantitative estimate of drug-likeness (QED) is 0.301. The van der Waals surface area contributed by atoms with Crippen LogP contribution in [-0.2, 0) is 6.54 Å². The molecule has 1 amide bonds. The fourth-order valence-electron chi connectivity index (χ4n) is 3.30. The molecule has 0 saturated heterocycles. The first-order valence-corrected chi connectivity index (χ1v) is 11.1. The number of ketones is 1. The Bertz CT molecular complexity index is 1350. The summed E-state index contributed by atoms with van der Waals surface area (Å²) in [6, 6.07) is 19.1. The second kappa shape index (κ2) is 9.79. The molecular formula is C25H18Cl3N3O2. The van der Waals surface area contributed by atoms with Crippen LogP contribution in [0.2, 0.25) is 15.1 Å². The van der Waals surface area contributed by atoms with Crippen molar-refractivity contribution in [2.75, 3.05) is 5.32 Å². The molecule has 4 rings (SSSR count). The van der Waals surface area contributed by atoms with E-state index >= 15 is 0 Å². The van der Waals surface area contributed by atoms with Crippen LogP contribution < -0.4 is 5.32 Å². The van der Waals surface area contributed by atoms with Crippen molar-refractivity contribution < 1.29 is 9.59 Å². The summed E-state index contributed by atoms with van der Waals surface area (Å²) in [6.07, 6.45) is 1.60. The molecule has 0 unspecified atom stereocenters. The summed E-state index contributed by atoms with van der Waals surface area (Å²) >= 11 is 18.3. The Morgan fingerprint density at radius 3 is 2.27 bits per heavy atom. The van der Waals surface area contributed by atoms with Gasteiger partial charge in [0.1, 0.15) is 5.02 Å². The highest BCUT2D eigenvalue weighted by atomic mass is 35.5. The molecule has 0 saturated carbocycles. The van der Waals surface area contributed by atoms with Crippen molar-refractivity contribution >= 4 is 52.3 Å². The van der Waals surface area contributed by atoms with Crippen molar-refractivity contribution in [2.24, 2.45) is 0 Å². The molecule has 0 aliphatic carbocycles. The van der Waals surface area contributed by atoms with Gasteiger partial charge < -0.3 is 5.32 Å². The predicted octanol–water partition coefficient (Wildman–Crippen LogP) is 6.68. The Kier molecular flexibility index (Phi) is 6.84. The third kappa shape index (κ3) is 5.28. The van der Waals surface area contributed by atoms with Crippen molar-refractivity contribution in [3.63, 3.8) is 0 Å². The SMILES string of the molecule is Cc1ccc(C(=O)c2ccccc2C(=O)Nc2nn(Cc3ccc(Cl)c(Cl)c3)cc2Cl)cc1. The van der Waals surface area contributed by atoms with Crippen LogP contribution in [-0.4, -0.2) is 21.5 Å². The fourth-order valence-corrected chi connectivity index (χ4v) is 3.82. The molecule has 0 aliphatic rings. The Balaban J connectivity index is 1.55.